The summed E-state index contributed by atoms with van der Waals surface area (Å²) in [6, 6.07) is 3.46. The van der Waals surface area contributed by atoms with E-state index in [1.807, 2.05) is 0 Å². The van der Waals surface area contributed by atoms with Gasteiger partial charge in [0, 0.05) is 19.5 Å². The van der Waals surface area contributed by atoms with Crippen molar-refractivity contribution in [3.05, 3.63) is 24.2 Å². The average molecular weight is 254 g/mol. The molecule has 0 saturated carbocycles. The Labute approximate surface area is 105 Å². The zero-order valence-corrected chi connectivity index (χ0v) is 10.5. The molecular formula is C12H18N2O4. The summed E-state index contributed by atoms with van der Waals surface area (Å²) in [5.74, 6) is -0.838. The van der Waals surface area contributed by atoms with Gasteiger partial charge in [0.05, 0.1) is 11.9 Å². The Bertz CT molecular complexity index is 398. The van der Waals surface area contributed by atoms with Crippen LogP contribution in [0, 0.1) is 0 Å². The van der Waals surface area contributed by atoms with Crippen LogP contribution in [0.1, 0.15) is 19.6 Å². The van der Waals surface area contributed by atoms with E-state index in [1.54, 1.807) is 26.0 Å². The molecule has 6 heteroatoms. The number of furan rings is 1. The highest BCUT2D eigenvalue weighted by atomic mass is 16.3. The molecule has 0 aliphatic rings. The largest absolute Gasteiger partial charge is 0.469 e. The van der Waals surface area contributed by atoms with Crippen molar-refractivity contribution >= 4 is 11.8 Å². The minimum Gasteiger partial charge on any atom is -0.469 e. The minimum atomic E-state index is -1.17. The smallest absolute Gasteiger partial charge is 0.309 e. The summed E-state index contributed by atoms with van der Waals surface area (Å²) < 4.78 is 5.11. The summed E-state index contributed by atoms with van der Waals surface area (Å²) in [7, 11) is 0. The molecule has 0 saturated heterocycles. The maximum absolute atomic E-state index is 11.3. The molecular weight excluding hydrogens is 236 g/mol. The molecule has 0 bridgehead atoms. The van der Waals surface area contributed by atoms with Crippen LogP contribution in [0.2, 0.25) is 0 Å². The van der Waals surface area contributed by atoms with Gasteiger partial charge in [-0.2, -0.15) is 0 Å². The molecule has 0 aliphatic carbocycles. The first-order valence-electron chi connectivity index (χ1n) is 5.75. The van der Waals surface area contributed by atoms with E-state index in [0.717, 1.165) is 0 Å². The van der Waals surface area contributed by atoms with E-state index in [1.165, 1.54) is 6.26 Å². The fourth-order valence-electron chi connectivity index (χ4n) is 1.44. The van der Waals surface area contributed by atoms with Crippen LogP contribution in [0.15, 0.2) is 22.8 Å². The molecule has 6 nitrogen and oxygen atoms in total. The second-order valence-corrected chi connectivity index (χ2v) is 4.30. The molecule has 18 heavy (non-hydrogen) atoms. The highest BCUT2D eigenvalue weighted by Gasteiger charge is 2.24. The summed E-state index contributed by atoms with van der Waals surface area (Å²) in [6.07, 6.45) is 1.77. The first-order valence-corrected chi connectivity index (χ1v) is 5.75. The summed E-state index contributed by atoms with van der Waals surface area (Å²) in [5, 5.41) is 14.8. The number of carbonyl (C=O) groups is 2. The molecule has 0 radical (unpaired) electrons. The fourth-order valence-corrected chi connectivity index (χ4v) is 1.44. The summed E-state index contributed by atoms with van der Waals surface area (Å²) in [6.45, 7) is 3.64. The van der Waals surface area contributed by atoms with Crippen LogP contribution in [0.25, 0.3) is 0 Å². The average Bonchev–Trinajstić information content (AvgIpc) is 2.78. The quantitative estimate of drug-likeness (QED) is 0.636. The Hall–Kier alpha value is -1.82. The molecule has 2 amide bonds. The summed E-state index contributed by atoms with van der Waals surface area (Å²) in [5.41, 5.74) is -1.17. The number of rotatable bonds is 5. The molecule has 3 N–H and O–H groups in total. The van der Waals surface area contributed by atoms with Crippen LogP contribution < -0.4 is 10.6 Å². The lowest BCUT2D eigenvalue weighted by atomic mass is 10.0. The fraction of sp³-hybridized carbons (Fsp3) is 0.500. The predicted octanol–water partition coefficient (Wildman–Crippen LogP) is -0.175. The number of amides is 2. The molecule has 1 rings (SSSR count). The predicted molar refractivity (Wildman–Crippen MR) is 64.7 cm³/mol. The van der Waals surface area contributed by atoms with Gasteiger partial charge in [0.15, 0.2) is 0 Å². The molecule has 0 aromatic carbocycles. The van der Waals surface area contributed by atoms with Crippen molar-refractivity contribution in [3.63, 3.8) is 0 Å². The maximum Gasteiger partial charge on any atom is 0.309 e. The van der Waals surface area contributed by atoms with E-state index in [9.17, 15) is 14.7 Å². The van der Waals surface area contributed by atoms with E-state index >= 15 is 0 Å². The Morgan fingerprint density at radius 2 is 2.06 bits per heavy atom. The van der Waals surface area contributed by atoms with Crippen LogP contribution in [0.5, 0.6) is 0 Å². The molecule has 1 aromatic rings. The molecule has 0 spiro atoms. The van der Waals surface area contributed by atoms with Crippen LogP contribution >= 0.6 is 0 Å². The number of carbonyl (C=O) groups excluding carboxylic acids is 2. The third-order valence-corrected chi connectivity index (χ3v) is 2.31. The first-order chi connectivity index (χ1) is 8.44. The van der Waals surface area contributed by atoms with Crippen molar-refractivity contribution < 1.29 is 19.1 Å². The monoisotopic (exact) mass is 254 g/mol. The second kappa shape index (κ2) is 6.20. The normalized spacial score (nSPS) is 13.7. The van der Waals surface area contributed by atoms with Gasteiger partial charge in [-0.1, -0.05) is 0 Å². The summed E-state index contributed by atoms with van der Waals surface area (Å²) in [4.78, 5) is 22.5. The van der Waals surface area contributed by atoms with Crippen molar-refractivity contribution in [1.29, 1.82) is 0 Å². The van der Waals surface area contributed by atoms with Crippen LogP contribution in [0.4, 0.5) is 0 Å². The van der Waals surface area contributed by atoms with Gasteiger partial charge in [0.25, 0.3) is 0 Å². The topological polar surface area (TPSA) is 91.6 Å². The highest BCUT2D eigenvalue weighted by Crippen LogP contribution is 2.12. The number of aliphatic hydroxyl groups is 1. The zero-order valence-electron chi connectivity index (χ0n) is 10.5. The molecule has 1 unspecified atom stereocenters. The van der Waals surface area contributed by atoms with E-state index in [2.05, 4.69) is 10.6 Å². The standard InChI is InChI=1S/C12H18N2O4/c1-3-13-10(15)11(16)14-8-12(2,17)7-9-5-4-6-18-9/h4-6,17H,3,7-8H2,1-2H3,(H,13,15)(H,14,16). The lowest BCUT2D eigenvalue weighted by molar-refractivity contribution is -0.139. The Morgan fingerprint density at radius 3 is 2.61 bits per heavy atom. The van der Waals surface area contributed by atoms with Crippen molar-refractivity contribution in [1.82, 2.24) is 10.6 Å². The van der Waals surface area contributed by atoms with Crippen molar-refractivity contribution in [2.45, 2.75) is 25.9 Å². The van der Waals surface area contributed by atoms with Crippen molar-refractivity contribution in [2.75, 3.05) is 13.1 Å². The van der Waals surface area contributed by atoms with E-state index < -0.39 is 17.4 Å². The number of nitrogens with one attached hydrogen (secondary N) is 2. The van der Waals surface area contributed by atoms with Crippen LogP contribution in [-0.2, 0) is 16.0 Å². The van der Waals surface area contributed by atoms with E-state index in [-0.39, 0.29) is 13.0 Å². The maximum atomic E-state index is 11.3. The Kier molecular flexibility index (Phi) is 4.91. The van der Waals surface area contributed by atoms with E-state index in [4.69, 9.17) is 4.42 Å². The third kappa shape index (κ3) is 4.58. The van der Waals surface area contributed by atoms with Crippen molar-refractivity contribution in [2.24, 2.45) is 0 Å². The van der Waals surface area contributed by atoms with Gasteiger partial charge in [-0.3, -0.25) is 9.59 Å². The number of likely N-dealkylation sites (N-methyl/N-ethyl adjacent to an activating group) is 1. The lowest BCUT2D eigenvalue weighted by Crippen LogP contribution is -2.47. The number of hydrogen-bond acceptors (Lipinski definition) is 4. The lowest BCUT2D eigenvalue weighted by Gasteiger charge is -2.22. The SMILES string of the molecule is CCNC(=O)C(=O)NCC(C)(O)Cc1ccco1. The molecule has 1 atom stereocenters. The Balaban J connectivity index is 2.41. The van der Waals surface area contributed by atoms with Crippen LogP contribution in [-0.4, -0.2) is 35.6 Å². The second-order valence-electron chi connectivity index (χ2n) is 4.30. The highest BCUT2D eigenvalue weighted by molar-refractivity contribution is 6.35. The molecule has 1 aromatic heterocycles. The number of hydrogen-bond donors (Lipinski definition) is 3. The van der Waals surface area contributed by atoms with Gasteiger partial charge in [-0.05, 0) is 26.0 Å². The first kappa shape index (κ1) is 14.2. The molecule has 1 heterocycles. The van der Waals surface area contributed by atoms with Crippen LogP contribution in [0.3, 0.4) is 0 Å². The molecule has 0 aliphatic heterocycles. The van der Waals surface area contributed by atoms with Gasteiger partial charge < -0.3 is 20.2 Å². The summed E-state index contributed by atoms with van der Waals surface area (Å²) >= 11 is 0. The van der Waals surface area contributed by atoms with Gasteiger partial charge >= 0.3 is 11.8 Å². The zero-order chi connectivity index (χ0) is 13.6. The van der Waals surface area contributed by atoms with Gasteiger partial charge in [-0.15, -0.1) is 0 Å². The third-order valence-electron chi connectivity index (χ3n) is 2.31. The minimum absolute atomic E-state index is 0.0241. The van der Waals surface area contributed by atoms with E-state index in [0.29, 0.717) is 12.3 Å². The van der Waals surface area contributed by atoms with Gasteiger partial charge in [-0.25, -0.2) is 0 Å². The molecule has 0 fully saturated rings. The van der Waals surface area contributed by atoms with Gasteiger partial charge in [0.1, 0.15) is 5.76 Å². The van der Waals surface area contributed by atoms with Gasteiger partial charge in [0.2, 0.25) is 0 Å². The molecule has 100 valence electrons. The van der Waals surface area contributed by atoms with Crippen molar-refractivity contribution in [3.8, 4) is 0 Å². The Morgan fingerprint density at radius 1 is 1.39 bits per heavy atom.